The van der Waals surface area contributed by atoms with E-state index in [9.17, 15) is 0 Å². The molecule has 2 rings (SSSR count). The van der Waals surface area contributed by atoms with Crippen LogP contribution in [0.2, 0.25) is 5.02 Å². The van der Waals surface area contributed by atoms with Gasteiger partial charge in [0.2, 0.25) is 0 Å². The third kappa shape index (κ3) is 2.25. The quantitative estimate of drug-likeness (QED) is 0.763. The van der Waals surface area contributed by atoms with Crippen LogP contribution >= 0.6 is 11.6 Å². The van der Waals surface area contributed by atoms with E-state index in [0.717, 1.165) is 23.2 Å². The predicted octanol–water partition coefficient (Wildman–Crippen LogP) is 2.58. The molecule has 1 aliphatic rings. The van der Waals surface area contributed by atoms with Gasteiger partial charge in [0.25, 0.3) is 0 Å². The lowest BCUT2D eigenvalue weighted by Gasteiger charge is -2.38. The van der Waals surface area contributed by atoms with Crippen LogP contribution in [0.25, 0.3) is 0 Å². The van der Waals surface area contributed by atoms with Crippen LogP contribution in [-0.2, 0) is 6.54 Å². The minimum absolute atomic E-state index is 0.780. The van der Waals surface area contributed by atoms with E-state index >= 15 is 0 Å². The van der Waals surface area contributed by atoms with Crippen molar-refractivity contribution in [3.63, 3.8) is 0 Å². The van der Waals surface area contributed by atoms with E-state index in [1.54, 1.807) is 6.20 Å². The molecule has 0 radical (unpaired) electrons. The Hall–Kier alpha value is -0.600. The number of hydrogen-bond donors (Lipinski definition) is 0. The molecule has 0 bridgehead atoms. The Balaban J connectivity index is 1.87. The van der Waals surface area contributed by atoms with Crippen LogP contribution in [-0.4, -0.2) is 23.0 Å². The molecule has 0 spiro atoms. The molecule has 0 saturated carbocycles. The van der Waals surface area contributed by atoms with Crippen molar-refractivity contribution in [2.45, 2.75) is 19.9 Å². The molecule has 0 unspecified atom stereocenters. The summed E-state index contributed by atoms with van der Waals surface area (Å²) in [6.07, 6.45) is 3.06. The fourth-order valence-electron chi connectivity index (χ4n) is 1.83. The van der Waals surface area contributed by atoms with Gasteiger partial charge in [-0.3, -0.25) is 9.88 Å². The van der Waals surface area contributed by atoms with Crippen molar-refractivity contribution in [1.29, 1.82) is 0 Å². The van der Waals surface area contributed by atoms with Crippen LogP contribution in [0.15, 0.2) is 18.3 Å². The zero-order valence-electron chi connectivity index (χ0n) is 8.41. The summed E-state index contributed by atoms with van der Waals surface area (Å²) in [5.41, 5.74) is 1.08. The Morgan fingerprint density at radius 1 is 1.57 bits per heavy atom. The molecule has 1 saturated heterocycles. The van der Waals surface area contributed by atoms with Crippen LogP contribution in [0.1, 0.15) is 19.0 Å². The van der Waals surface area contributed by atoms with E-state index in [2.05, 4.69) is 16.8 Å². The third-order valence-corrected chi connectivity index (χ3v) is 3.01. The maximum atomic E-state index is 5.89. The predicted molar refractivity (Wildman–Crippen MR) is 58.3 cm³/mol. The van der Waals surface area contributed by atoms with Crippen LogP contribution in [0.4, 0.5) is 0 Å². The third-order valence-electron chi connectivity index (χ3n) is 2.77. The van der Waals surface area contributed by atoms with Gasteiger partial charge < -0.3 is 0 Å². The second kappa shape index (κ2) is 4.28. The van der Waals surface area contributed by atoms with E-state index in [4.69, 9.17) is 11.6 Å². The molecule has 3 heteroatoms. The van der Waals surface area contributed by atoms with Crippen molar-refractivity contribution in [2.75, 3.05) is 13.1 Å². The molecule has 1 aliphatic heterocycles. The summed E-state index contributed by atoms with van der Waals surface area (Å²) in [5, 5.41) is 0.780. The van der Waals surface area contributed by atoms with Crippen LogP contribution in [0, 0.1) is 5.92 Å². The SMILES string of the molecule is CCC1CN(Cc2cc(Cl)ccn2)C1. The standard InChI is InChI=1S/C11H15ClN2/c1-2-9-6-14(7-9)8-11-5-10(12)3-4-13-11/h3-5,9H,2,6-8H2,1H3. The second-order valence-electron chi connectivity index (χ2n) is 3.93. The van der Waals surface area contributed by atoms with Gasteiger partial charge in [0.15, 0.2) is 0 Å². The molecule has 0 aliphatic carbocycles. The molecule has 14 heavy (non-hydrogen) atoms. The van der Waals surface area contributed by atoms with E-state index in [-0.39, 0.29) is 0 Å². The van der Waals surface area contributed by atoms with E-state index in [1.807, 2.05) is 12.1 Å². The van der Waals surface area contributed by atoms with Gasteiger partial charge in [-0.25, -0.2) is 0 Å². The molecule has 0 atom stereocenters. The topological polar surface area (TPSA) is 16.1 Å². The van der Waals surface area contributed by atoms with Gasteiger partial charge in [0, 0.05) is 30.9 Å². The van der Waals surface area contributed by atoms with Crippen molar-refractivity contribution in [1.82, 2.24) is 9.88 Å². The number of aromatic nitrogens is 1. The zero-order chi connectivity index (χ0) is 9.97. The lowest BCUT2D eigenvalue weighted by molar-refractivity contribution is 0.0885. The fourth-order valence-corrected chi connectivity index (χ4v) is 2.01. The Kier molecular flexibility index (Phi) is 3.04. The van der Waals surface area contributed by atoms with Gasteiger partial charge in [-0.1, -0.05) is 24.9 Å². The Labute approximate surface area is 89.9 Å². The number of pyridine rings is 1. The van der Waals surface area contributed by atoms with Crippen molar-refractivity contribution in [2.24, 2.45) is 5.92 Å². The number of likely N-dealkylation sites (tertiary alicyclic amines) is 1. The highest BCUT2D eigenvalue weighted by molar-refractivity contribution is 6.30. The smallest absolute Gasteiger partial charge is 0.0558 e. The summed E-state index contributed by atoms with van der Waals surface area (Å²) in [6.45, 7) is 5.62. The summed E-state index contributed by atoms with van der Waals surface area (Å²) >= 11 is 5.89. The highest BCUT2D eigenvalue weighted by atomic mass is 35.5. The Morgan fingerprint density at radius 2 is 2.36 bits per heavy atom. The molecule has 2 nitrogen and oxygen atoms in total. The molecule has 76 valence electrons. The second-order valence-corrected chi connectivity index (χ2v) is 4.37. The monoisotopic (exact) mass is 210 g/mol. The van der Waals surface area contributed by atoms with Gasteiger partial charge in [-0.2, -0.15) is 0 Å². The van der Waals surface area contributed by atoms with Gasteiger partial charge in [0.05, 0.1) is 5.69 Å². The lowest BCUT2D eigenvalue weighted by atomic mass is 9.97. The first kappa shape index (κ1) is 9.94. The van der Waals surface area contributed by atoms with Gasteiger partial charge in [0.1, 0.15) is 0 Å². The van der Waals surface area contributed by atoms with Crippen molar-refractivity contribution in [3.05, 3.63) is 29.0 Å². The molecule has 0 N–H and O–H groups in total. The maximum Gasteiger partial charge on any atom is 0.0558 e. The van der Waals surface area contributed by atoms with Gasteiger partial charge in [-0.15, -0.1) is 0 Å². The highest BCUT2D eigenvalue weighted by Gasteiger charge is 2.24. The Morgan fingerprint density at radius 3 is 3.00 bits per heavy atom. The average molecular weight is 211 g/mol. The maximum absolute atomic E-state index is 5.89. The largest absolute Gasteiger partial charge is 0.297 e. The molecule has 2 heterocycles. The fraction of sp³-hybridized carbons (Fsp3) is 0.545. The van der Waals surface area contributed by atoms with Crippen LogP contribution < -0.4 is 0 Å². The molecule has 1 fully saturated rings. The van der Waals surface area contributed by atoms with E-state index < -0.39 is 0 Å². The molecule has 1 aromatic rings. The summed E-state index contributed by atoms with van der Waals surface area (Å²) < 4.78 is 0. The minimum atomic E-state index is 0.780. The molecular formula is C11H15ClN2. The first-order valence-corrected chi connectivity index (χ1v) is 5.48. The molecule has 1 aromatic heterocycles. The van der Waals surface area contributed by atoms with Crippen molar-refractivity contribution in [3.8, 4) is 0 Å². The normalized spacial score (nSPS) is 18.1. The average Bonchev–Trinajstić information content (AvgIpc) is 2.10. The van der Waals surface area contributed by atoms with Gasteiger partial charge in [-0.05, 0) is 18.1 Å². The molecule has 0 amide bonds. The summed E-state index contributed by atoms with van der Waals surface area (Å²) in [6, 6.07) is 3.76. The zero-order valence-corrected chi connectivity index (χ0v) is 9.17. The van der Waals surface area contributed by atoms with E-state index in [1.165, 1.54) is 19.5 Å². The van der Waals surface area contributed by atoms with Gasteiger partial charge >= 0.3 is 0 Å². The first-order chi connectivity index (χ1) is 6.78. The summed E-state index contributed by atoms with van der Waals surface area (Å²) in [4.78, 5) is 6.70. The lowest BCUT2D eigenvalue weighted by Crippen LogP contribution is -2.45. The number of halogens is 1. The molecule has 0 aromatic carbocycles. The summed E-state index contributed by atoms with van der Waals surface area (Å²) in [5.74, 6) is 0.897. The molecular weight excluding hydrogens is 196 g/mol. The number of hydrogen-bond acceptors (Lipinski definition) is 2. The summed E-state index contributed by atoms with van der Waals surface area (Å²) in [7, 11) is 0. The van der Waals surface area contributed by atoms with Crippen LogP contribution in [0.3, 0.4) is 0 Å². The van der Waals surface area contributed by atoms with Crippen molar-refractivity contribution < 1.29 is 0 Å². The Bertz CT molecular complexity index is 308. The first-order valence-electron chi connectivity index (χ1n) is 5.10. The van der Waals surface area contributed by atoms with E-state index in [0.29, 0.717) is 0 Å². The highest BCUT2D eigenvalue weighted by Crippen LogP contribution is 2.20. The number of rotatable bonds is 3. The van der Waals surface area contributed by atoms with Crippen LogP contribution in [0.5, 0.6) is 0 Å². The minimum Gasteiger partial charge on any atom is -0.297 e. The number of nitrogens with zero attached hydrogens (tertiary/aromatic N) is 2. The van der Waals surface area contributed by atoms with Crippen molar-refractivity contribution >= 4 is 11.6 Å².